The van der Waals surface area contributed by atoms with Crippen molar-refractivity contribution in [3.8, 4) is 0 Å². The molecular formula is C12H17N5. The summed E-state index contributed by atoms with van der Waals surface area (Å²) in [4.78, 5) is 0. The average Bonchev–Trinajstić information content (AvgIpc) is 2.72. The van der Waals surface area contributed by atoms with E-state index in [2.05, 4.69) is 5.10 Å². The second-order valence-electron chi connectivity index (χ2n) is 4.13. The summed E-state index contributed by atoms with van der Waals surface area (Å²) in [5.74, 6) is 0.121. The van der Waals surface area contributed by atoms with Crippen LogP contribution in [0, 0.1) is 5.41 Å². The molecule has 0 unspecified atom stereocenters. The maximum Gasteiger partial charge on any atom is 0.123 e. The van der Waals surface area contributed by atoms with Crippen molar-refractivity contribution in [1.82, 2.24) is 5.01 Å². The largest absolute Gasteiger partial charge is 0.384 e. The molecule has 0 saturated carbocycles. The van der Waals surface area contributed by atoms with Gasteiger partial charge in [0, 0.05) is 18.2 Å². The molecule has 0 aliphatic heterocycles. The molecule has 0 heterocycles. The van der Waals surface area contributed by atoms with Gasteiger partial charge in [0.05, 0.1) is 12.4 Å². The molecule has 90 valence electrons. The molecule has 5 N–H and O–H groups in total. The zero-order chi connectivity index (χ0) is 12.4. The van der Waals surface area contributed by atoms with Crippen LogP contribution in [-0.2, 0) is 6.42 Å². The van der Waals surface area contributed by atoms with Gasteiger partial charge in [-0.15, -0.1) is 0 Å². The highest BCUT2D eigenvalue weighted by Gasteiger charge is 2.21. The van der Waals surface area contributed by atoms with Crippen LogP contribution in [0.4, 0.5) is 0 Å². The lowest BCUT2D eigenvalue weighted by atomic mass is 10.0. The minimum Gasteiger partial charge on any atom is -0.384 e. The van der Waals surface area contributed by atoms with Gasteiger partial charge in [0.1, 0.15) is 5.84 Å². The van der Waals surface area contributed by atoms with Crippen LogP contribution < -0.4 is 11.5 Å². The molecule has 17 heavy (non-hydrogen) atoms. The third kappa shape index (κ3) is 2.14. The van der Waals surface area contributed by atoms with E-state index in [1.807, 2.05) is 25.2 Å². The number of hydrazone groups is 1. The van der Waals surface area contributed by atoms with Crippen molar-refractivity contribution in [2.45, 2.75) is 12.8 Å². The zero-order valence-electron chi connectivity index (χ0n) is 9.90. The van der Waals surface area contributed by atoms with E-state index in [0.717, 1.165) is 35.2 Å². The molecule has 1 aromatic carbocycles. The summed E-state index contributed by atoms with van der Waals surface area (Å²) >= 11 is 0. The lowest BCUT2D eigenvalue weighted by Gasteiger charge is -2.11. The van der Waals surface area contributed by atoms with Crippen LogP contribution >= 0.6 is 0 Å². The molecule has 0 aromatic heterocycles. The summed E-state index contributed by atoms with van der Waals surface area (Å²) in [7, 11) is 1.85. The second kappa shape index (κ2) is 4.55. The minimum absolute atomic E-state index is 0.121. The quantitative estimate of drug-likeness (QED) is 0.305. The van der Waals surface area contributed by atoms with Crippen molar-refractivity contribution < 1.29 is 0 Å². The lowest BCUT2D eigenvalue weighted by molar-refractivity contribution is 0.365. The third-order valence-electron chi connectivity index (χ3n) is 2.94. The van der Waals surface area contributed by atoms with Gasteiger partial charge >= 0.3 is 0 Å². The Kier molecular flexibility index (Phi) is 3.10. The van der Waals surface area contributed by atoms with E-state index in [0.29, 0.717) is 6.67 Å². The van der Waals surface area contributed by atoms with Gasteiger partial charge < -0.3 is 11.5 Å². The first kappa shape index (κ1) is 11.6. The predicted molar refractivity (Wildman–Crippen MR) is 69.1 cm³/mol. The highest BCUT2D eigenvalue weighted by atomic mass is 15.5. The van der Waals surface area contributed by atoms with Gasteiger partial charge in [-0.2, -0.15) is 5.10 Å². The third-order valence-corrected chi connectivity index (χ3v) is 2.94. The lowest BCUT2D eigenvalue weighted by Crippen LogP contribution is -2.21. The highest BCUT2D eigenvalue weighted by molar-refractivity contribution is 6.08. The maximum absolute atomic E-state index is 7.56. The number of hydrogen-bond donors (Lipinski definition) is 3. The van der Waals surface area contributed by atoms with E-state index in [1.165, 1.54) is 0 Å². The number of nitrogens with two attached hydrogens (primary N) is 2. The second-order valence-corrected chi connectivity index (χ2v) is 4.13. The minimum atomic E-state index is 0.121. The fraction of sp³-hybridized carbons (Fsp3) is 0.333. The topological polar surface area (TPSA) is 91.5 Å². The van der Waals surface area contributed by atoms with Crippen molar-refractivity contribution in [2.24, 2.45) is 16.6 Å². The standard InChI is InChI=1S/C12H17N5/c1-17(7-13)16-11-6-5-8-9(11)3-2-4-10(8)12(14)15/h2-4H,5-7,13H2,1H3,(H3,14,15)/b16-11+. The van der Waals surface area contributed by atoms with Crippen LogP contribution in [0.2, 0.25) is 0 Å². The number of benzene rings is 1. The van der Waals surface area contributed by atoms with Crippen LogP contribution in [0.3, 0.4) is 0 Å². The van der Waals surface area contributed by atoms with Gasteiger partial charge in [0.2, 0.25) is 0 Å². The molecule has 1 aliphatic rings. The number of nitrogens with zero attached hydrogens (tertiary/aromatic N) is 2. The molecule has 0 atom stereocenters. The van der Waals surface area contributed by atoms with Gasteiger partial charge in [0.15, 0.2) is 0 Å². The molecular weight excluding hydrogens is 214 g/mol. The van der Waals surface area contributed by atoms with Gasteiger partial charge in [-0.25, -0.2) is 0 Å². The molecule has 0 radical (unpaired) electrons. The van der Waals surface area contributed by atoms with E-state index in [-0.39, 0.29) is 5.84 Å². The number of nitrogen functional groups attached to an aromatic ring is 1. The zero-order valence-corrected chi connectivity index (χ0v) is 9.90. The summed E-state index contributed by atoms with van der Waals surface area (Å²) in [5, 5.41) is 13.7. The monoisotopic (exact) mass is 231 g/mol. The van der Waals surface area contributed by atoms with Crippen molar-refractivity contribution in [1.29, 1.82) is 5.41 Å². The van der Waals surface area contributed by atoms with E-state index >= 15 is 0 Å². The normalized spacial score (nSPS) is 16.0. The Balaban J connectivity index is 2.43. The smallest absolute Gasteiger partial charge is 0.123 e. The molecule has 1 aromatic rings. The summed E-state index contributed by atoms with van der Waals surface area (Å²) in [6.07, 6.45) is 1.77. The molecule has 1 aliphatic carbocycles. The molecule has 5 heteroatoms. The fourth-order valence-electron chi connectivity index (χ4n) is 2.11. The number of hydrogen-bond acceptors (Lipinski definition) is 4. The summed E-state index contributed by atoms with van der Waals surface area (Å²) < 4.78 is 0. The molecule has 0 spiro atoms. The Morgan fingerprint density at radius 2 is 2.24 bits per heavy atom. The Morgan fingerprint density at radius 3 is 2.88 bits per heavy atom. The van der Waals surface area contributed by atoms with E-state index in [4.69, 9.17) is 16.9 Å². The van der Waals surface area contributed by atoms with E-state index in [9.17, 15) is 0 Å². The van der Waals surface area contributed by atoms with Crippen molar-refractivity contribution in [2.75, 3.05) is 13.7 Å². The van der Waals surface area contributed by atoms with Crippen LogP contribution in [0.15, 0.2) is 23.3 Å². The Bertz CT molecular complexity index is 478. The van der Waals surface area contributed by atoms with E-state index < -0.39 is 0 Å². The number of rotatable bonds is 3. The Morgan fingerprint density at radius 1 is 1.47 bits per heavy atom. The first-order chi connectivity index (χ1) is 8.13. The summed E-state index contributed by atoms with van der Waals surface area (Å²) in [5.41, 5.74) is 15.2. The Hall–Kier alpha value is -1.88. The first-order valence-corrected chi connectivity index (χ1v) is 5.59. The van der Waals surface area contributed by atoms with Gasteiger partial charge in [0.25, 0.3) is 0 Å². The molecule has 2 rings (SSSR count). The molecule has 0 saturated heterocycles. The van der Waals surface area contributed by atoms with E-state index in [1.54, 1.807) is 5.01 Å². The summed E-state index contributed by atoms with van der Waals surface area (Å²) in [6, 6.07) is 5.83. The molecule has 0 bridgehead atoms. The SMILES string of the molecule is CN(CN)/N=C1\CCc2c(C(=N)N)cccc21. The maximum atomic E-state index is 7.56. The fourth-order valence-corrected chi connectivity index (χ4v) is 2.11. The van der Waals surface area contributed by atoms with Crippen LogP contribution in [0.1, 0.15) is 23.1 Å². The van der Waals surface area contributed by atoms with Gasteiger partial charge in [-0.3, -0.25) is 10.4 Å². The van der Waals surface area contributed by atoms with Gasteiger partial charge in [-0.1, -0.05) is 18.2 Å². The highest BCUT2D eigenvalue weighted by Crippen LogP contribution is 2.26. The Labute approximate surface area is 101 Å². The molecule has 5 nitrogen and oxygen atoms in total. The van der Waals surface area contributed by atoms with Crippen molar-refractivity contribution >= 4 is 11.5 Å². The first-order valence-electron chi connectivity index (χ1n) is 5.59. The average molecular weight is 231 g/mol. The van der Waals surface area contributed by atoms with Crippen LogP contribution in [0.5, 0.6) is 0 Å². The molecule has 0 amide bonds. The number of fused-ring (bicyclic) bond motifs is 1. The summed E-state index contributed by atoms with van der Waals surface area (Å²) in [6.45, 7) is 0.394. The van der Waals surface area contributed by atoms with Crippen molar-refractivity contribution in [3.05, 3.63) is 34.9 Å². The van der Waals surface area contributed by atoms with Crippen molar-refractivity contribution in [3.63, 3.8) is 0 Å². The predicted octanol–water partition coefficient (Wildman–Crippen LogP) is 0.469. The van der Waals surface area contributed by atoms with Crippen LogP contribution in [0.25, 0.3) is 0 Å². The number of nitrogens with one attached hydrogen (secondary N) is 1. The van der Waals surface area contributed by atoms with Gasteiger partial charge in [-0.05, 0) is 18.4 Å². The molecule has 0 fully saturated rings. The van der Waals surface area contributed by atoms with Crippen LogP contribution in [-0.4, -0.2) is 30.3 Å². The number of amidine groups is 1.